The Balaban J connectivity index is 2.23. The monoisotopic (exact) mass is 195 g/mol. The summed E-state index contributed by atoms with van der Waals surface area (Å²) in [6.07, 6.45) is 5.35. The van der Waals surface area contributed by atoms with Crippen LogP contribution in [0.1, 0.15) is 32.4 Å². The highest BCUT2D eigenvalue weighted by atomic mass is 15.2. The zero-order chi connectivity index (χ0) is 10.4. The summed E-state index contributed by atoms with van der Waals surface area (Å²) in [5.41, 5.74) is 1.31. The van der Waals surface area contributed by atoms with Gasteiger partial charge in [-0.15, -0.1) is 0 Å². The van der Waals surface area contributed by atoms with E-state index < -0.39 is 0 Å². The first-order chi connectivity index (χ1) is 6.74. The van der Waals surface area contributed by atoms with Gasteiger partial charge in [-0.05, 0) is 38.8 Å². The van der Waals surface area contributed by atoms with Crippen LogP contribution in [0, 0.1) is 0 Å². The van der Waals surface area contributed by atoms with E-state index in [2.05, 4.69) is 30.3 Å². The predicted octanol–water partition coefficient (Wildman–Crippen LogP) is 1.74. The largest absolute Gasteiger partial charge is 0.314 e. The van der Waals surface area contributed by atoms with Gasteiger partial charge in [0.25, 0.3) is 0 Å². The van der Waals surface area contributed by atoms with E-state index in [1.165, 1.54) is 18.5 Å². The predicted molar refractivity (Wildman–Crippen MR) is 59.3 cm³/mol. The molecule has 1 atom stereocenters. The lowest BCUT2D eigenvalue weighted by Crippen LogP contribution is -2.27. The fourth-order valence-electron chi connectivity index (χ4n) is 1.50. The summed E-state index contributed by atoms with van der Waals surface area (Å²) in [6.45, 7) is 5.55. The van der Waals surface area contributed by atoms with Gasteiger partial charge in [0.1, 0.15) is 0 Å². The second-order valence-corrected chi connectivity index (χ2v) is 3.84. The number of hydrogen-bond acceptors (Lipinski definition) is 2. The maximum Gasteiger partial charge on any atom is 0.0492 e. The molecule has 1 unspecified atom stereocenters. The molecular formula is C11H21N3. The highest BCUT2D eigenvalue weighted by Gasteiger charge is 2.03. The molecule has 0 amide bonds. The van der Waals surface area contributed by atoms with Crippen LogP contribution in [0.2, 0.25) is 0 Å². The van der Waals surface area contributed by atoms with E-state index in [4.69, 9.17) is 0 Å². The summed E-state index contributed by atoms with van der Waals surface area (Å²) in [5.74, 6) is 0. The second-order valence-electron chi connectivity index (χ2n) is 3.84. The first-order valence-electron chi connectivity index (χ1n) is 5.44. The number of rotatable bonds is 6. The van der Waals surface area contributed by atoms with Crippen molar-refractivity contribution in [1.82, 2.24) is 15.1 Å². The molecule has 0 bridgehead atoms. The molecule has 0 aromatic carbocycles. The van der Waals surface area contributed by atoms with Crippen molar-refractivity contribution in [3.8, 4) is 0 Å². The third kappa shape index (κ3) is 3.50. The van der Waals surface area contributed by atoms with Gasteiger partial charge in [0, 0.05) is 25.0 Å². The van der Waals surface area contributed by atoms with Crippen molar-refractivity contribution in [3.05, 3.63) is 18.0 Å². The Morgan fingerprint density at radius 3 is 2.93 bits per heavy atom. The molecule has 0 fully saturated rings. The number of nitrogens with zero attached hydrogens (tertiary/aromatic N) is 2. The highest BCUT2D eigenvalue weighted by molar-refractivity contribution is 5.00. The zero-order valence-corrected chi connectivity index (χ0v) is 9.45. The molecule has 0 spiro atoms. The van der Waals surface area contributed by atoms with Crippen LogP contribution in [0.4, 0.5) is 0 Å². The SMILES string of the molecule is CCCNC(C)CCc1ccnn1C. The Labute approximate surface area is 86.5 Å². The third-order valence-electron chi connectivity index (χ3n) is 2.50. The molecule has 0 radical (unpaired) electrons. The van der Waals surface area contributed by atoms with Gasteiger partial charge in [-0.1, -0.05) is 6.92 Å². The minimum absolute atomic E-state index is 0.602. The Morgan fingerprint density at radius 1 is 1.57 bits per heavy atom. The van der Waals surface area contributed by atoms with Gasteiger partial charge < -0.3 is 5.32 Å². The summed E-state index contributed by atoms with van der Waals surface area (Å²) in [7, 11) is 2.00. The molecule has 1 aromatic heterocycles. The van der Waals surface area contributed by atoms with E-state index in [0.717, 1.165) is 13.0 Å². The Hall–Kier alpha value is -0.830. The van der Waals surface area contributed by atoms with Gasteiger partial charge in [0.2, 0.25) is 0 Å². The first-order valence-corrected chi connectivity index (χ1v) is 5.44. The van der Waals surface area contributed by atoms with Crippen molar-refractivity contribution in [2.45, 2.75) is 39.2 Å². The van der Waals surface area contributed by atoms with Gasteiger partial charge >= 0.3 is 0 Å². The Bertz CT molecular complexity index is 255. The fraction of sp³-hybridized carbons (Fsp3) is 0.727. The normalized spacial score (nSPS) is 13.1. The van der Waals surface area contributed by atoms with E-state index in [1.54, 1.807) is 0 Å². The molecule has 0 saturated heterocycles. The van der Waals surface area contributed by atoms with Gasteiger partial charge in [-0.2, -0.15) is 5.10 Å². The molecule has 80 valence electrons. The van der Waals surface area contributed by atoms with Crippen LogP contribution in [-0.4, -0.2) is 22.4 Å². The van der Waals surface area contributed by atoms with Crippen LogP contribution in [0.3, 0.4) is 0 Å². The molecular weight excluding hydrogens is 174 g/mol. The van der Waals surface area contributed by atoms with Crippen LogP contribution in [0.5, 0.6) is 0 Å². The van der Waals surface area contributed by atoms with Crippen LogP contribution in [0.25, 0.3) is 0 Å². The molecule has 0 aliphatic heterocycles. The minimum atomic E-state index is 0.602. The van der Waals surface area contributed by atoms with Crippen molar-refractivity contribution in [1.29, 1.82) is 0 Å². The lowest BCUT2D eigenvalue weighted by atomic mass is 10.1. The standard InChI is InChI=1S/C11H21N3/c1-4-8-12-10(2)5-6-11-7-9-13-14(11)3/h7,9-10,12H,4-6,8H2,1-3H3. The van der Waals surface area contributed by atoms with E-state index in [0.29, 0.717) is 6.04 Å². The molecule has 14 heavy (non-hydrogen) atoms. The van der Waals surface area contributed by atoms with Crippen LogP contribution in [-0.2, 0) is 13.5 Å². The quantitative estimate of drug-likeness (QED) is 0.749. The fourth-order valence-corrected chi connectivity index (χ4v) is 1.50. The minimum Gasteiger partial charge on any atom is -0.314 e. The maximum absolute atomic E-state index is 4.15. The molecule has 0 aliphatic rings. The second kappa shape index (κ2) is 5.81. The van der Waals surface area contributed by atoms with Crippen molar-refractivity contribution in [3.63, 3.8) is 0 Å². The lowest BCUT2D eigenvalue weighted by Gasteiger charge is -2.12. The topological polar surface area (TPSA) is 29.9 Å². The summed E-state index contributed by atoms with van der Waals surface area (Å²) in [6, 6.07) is 2.69. The number of hydrogen-bond donors (Lipinski definition) is 1. The summed E-state index contributed by atoms with van der Waals surface area (Å²) < 4.78 is 1.95. The smallest absolute Gasteiger partial charge is 0.0492 e. The Kier molecular flexibility index (Phi) is 4.66. The van der Waals surface area contributed by atoms with Gasteiger partial charge in [0.15, 0.2) is 0 Å². The molecule has 3 nitrogen and oxygen atoms in total. The molecule has 0 saturated carbocycles. The van der Waals surface area contributed by atoms with Gasteiger partial charge in [-0.25, -0.2) is 0 Å². The van der Waals surface area contributed by atoms with E-state index in [-0.39, 0.29) is 0 Å². The van der Waals surface area contributed by atoms with E-state index in [1.807, 2.05) is 17.9 Å². The molecule has 1 heterocycles. The Morgan fingerprint density at radius 2 is 2.36 bits per heavy atom. The highest BCUT2D eigenvalue weighted by Crippen LogP contribution is 2.03. The lowest BCUT2D eigenvalue weighted by molar-refractivity contribution is 0.505. The summed E-state index contributed by atoms with van der Waals surface area (Å²) >= 11 is 0. The molecule has 1 aromatic rings. The van der Waals surface area contributed by atoms with Crippen molar-refractivity contribution in [2.24, 2.45) is 7.05 Å². The number of aromatic nitrogens is 2. The van der Waals surface area contributed by atoms with Crippen LogP contribution < -0.4 is 5.32 Å². The summed E-state index contributed by atoms with van der Waals surface area (Å²) in [5, 5.41) is 7.64. The molecule has 1 rings (SSSR count). The third-order valence-corrected chi connectivity index (χ3v) is 2.50. The summed E-state index contributed by atoms with van der Waals surface area (Å²) in [4.78, 5) is 0. The van der Waals surface area contributed by atoms with Gasteiger partial charge in [-0.3, -0.25) is 4.68 Å². The number of aryl methyl sites for hydroxylation is 2. The van der Waals surface area contributed by atoms with Crippen molar-refractivity contribution in [2.75, 3.05) is 6.54 Å². The average molecular weight is 195 g/mol. The molecule has 3 heteroatoms. The average Bonchev–Trinajstić information content (AvgIpc) is 2.58. The maximum atomic E-state index is 4.15. The number of nitrogens with one attached hydrogen (secondary N) is 1. The van der Waals surface area contributed by atoms with E-state index >= 15 is 0 Å². The van der Waals surface area contributed by atoms with Crippen LogP contribution >= 0.6 is 0 Å². The zero-order valence-electron chi connectivity index (χ0n) is 9.45. The van der Waals surface area contributed by atoms with E-state index in [9.17, 15) is 0 Å². The van der Waals surface area contributed by atoms with Gasteiger partial charge in [0.05, 0.1) is 0 Å². The molecule has 1 N–H and O–H groups in total. The van der Waals surface area contributed by atoms with Crippen LogP contribution in [0.15, 0.2) is 12.3 Å². The first kappa shape index (κ1) is 11.2. The van der Waals surface area contributed by atoms with Crippen molar-refractivity contribution < 1.29 is 0 Å². The molecule has 0 aliphatic carbocycles. The van der Waals surface area contributed by atoms with Crippen molar-refractivity contribution >= 4 is 0 Å².